The summed E-state index contributed by atoms with van der Waals surface area (Å²) < 4.78 is 13.9. The fourth-order valence-corrected chi connectivity index (χ4v) is 3.00. The van der Waals surface area contributed by atoms with Crippen LogP contribution in [0.3, 0.4) is 0 Å². The predicted molar refractivity (Wildman–Crippen MR) is 117 cm³/mol. The van der Waals surface area contributed by atoms with Gasteiger partial charge in [-0.1, -0.05) is 35.7 Å². The molecule has 7 nitrogen and oxygen atoms in total. The van der Waals surface area contributed by atoms with Crippen molar-refractivity contribution in [1.29, 1.82) is 0 Å². The Labute approximate surface area is 173 Å². The molecule has 0 aliphatic rings. The molecule has 0 atom stereocenters. The lowest BCUT2D eigenvalue weighted by atomic mass is 10.2. The summed E-state index contributed by atoms with van der Waals surface area (Å²) in [6.07, 6.45) is 3.49. The first-order valence-electron chi connectivity index (χ1n) is 8.31. The number of nitrogens with zero attached hydrogens (tertiary/aromatic N) is 2. The van der Waals surface area contributed by atoms with Crippen molar-refractivity contribution < 1.29 is 9.47 Å². The van der Waals surface area contributed by atoms with Crippen LogP contribution in [0.1, 0.15) is 0 Å². The lowest BCUT2D eigenvalue weighted by Gasteiger charge is -2.15. The summed E-state index contributed by atoms with van der Waals surface area (Å²) in [7, 11) is 3.20. The van der Waals surface area contributed by atoms with Crippen molar-refractivity contribution in [3.8, 4) is 11.5 Å². The molecular formula is C19H20ClN5O2S. The zero-order chi connectivity index (χ0) is 19.9. The topological polar surface area (TPSA) is 80.3 Å². The molecule has 0 bridgehead atoms. The average Bonchev–Trinajstić information content (AvgIpc) is 2.72. The van der Waals surface area contributed by atoms with Gasteiger partial charge < -0.3 is 24.8 Å². The van der Waals surface area contributed by atoms with E-state index in [4.69, 9.17) is 21.1 Å². The third kappa shape index (κ3) is 4.71. The van der Waals surface area contributed by atoms with Crippen molar-refractivity contribution in [2.45, 2.75) is 0 Å². The second kappa shape index (κ2) is 9.38. The standard InChI is InChI=1S/C19H20ClN5O2S/c1-26-12-8-9-17(27-2)16(10-12)23-19-21-11-13(20)18(24-19)22-14-6-4-5-7-15(14)25-28-3/h4-11,25H,1-3H3,(H2,21,22,23,24). The first-order chi connectivity index (χ1) is 13.6. The Bertz CT molecular complexity index is 957. The maximum absolute atomic E-state index is 6.30. The van der Waals surface area contributed by atoms with Gasteiger partial charge in [0.1, 0.15) is 16.5 Å². The molecule has 0 saturated carbocycles. The lowest BCUT2D eigenvalue weighted by Crippen LogP contribution is -2.03. The van der Waals surface area contributed by atoms with Gasteiger partial charge in [0.25, 0.3) is 0 Å². The van der Waals surface area contributed by atoms with Gasteiger partial charge in [-0.2, -0.15) is 4.98 Å². The van der Waals surface area contributed by atoms with Gasteiger partial charge in [-0.05, 0) is 24.3 Å². The highest BCUT2D eigenvalue weighted by atomic mass is 35.5. The number of para-hydroxylation sites is 2. The van der Waals surface area contributed by atoms with Gasteiger partial charge in [0.05, 0.1) is 37.5 Å². The molecule has 3 N–H and O–H groups in total. The van der Waals surface area contributed by atoms with E-state index in [0.717, 1.165) is 11.4 Å². The molecule has 2 aromatic carbocycles. The van der Waals surface area contributed by atoms with Crippen molar-refractivity contribution in [3.05, 3.63) is 53.7 Å². The van der Waals surface area contributed by atoms with E-state index >= 15 is 0 Å². The smallest absolute Gasteiger partial charge is 0.229 e. The van der Waals surface area contributed by atoms with Gasteiger partial charge in [-0.15, -0.1) is 0 Å². The summed E-state index contributed by atoms with van der Waals surface area (Å²) in [5, 5.41) is 6.80. The van der Waals surface area contributed by atoms with E-state index < -0.39 is 0 Å². The highest BCUT2D eigenvalue weighted by molar-refractivity contribution is 7.99. The minimum atomic E-state index is 0.369. The molecule has 1 heterocycles. The number of methoxy groups -OCH3 is 2. The van der Waals surface area contributed by atoms with Crippen molar-refractivity contribution >= 4 is 52.4 Å². The summed E-state index contributed by atoms with van der Waals surface area (Å²) in [5.74, 6) is 2.18. The molecule has 0 fully saturated rings. The van der Waals surface area contributed by atoms with Gasteiger partial charge in [0, 0.05) is 12.3 Å². The van der Waals surface area contributed by atoms with Crippen LogP contribution in [0.25, 0.3) is 0 Å². The highest BCUT2D eigenvalue weighted by Gasteiger charge is 2.11. The molecule has 9 heteroatoms. The van der Waals surface area contributed by atoms with E-state index in [9.17, 15) is 0 Å². The van der Waals surface area contributed by atoms with Crippen molar-refractivity contribution in [2.24, 2.45) is 0 Å². The largest absolute Gasteiger partial charge is 0.497 e. The number of hydrogen-bond acceptors (Lipinski definition) is 8. The number of rotatable bonds is 8. The molecule has 146 valence electrons. The van der Waals surface area contributed by atoms with Gasteiger partial charge >= 0.3 is 0 Å². The molecule has 0 amide bonds. The van der Waals surface area contributed by atoms with Crippen LogP contribution >= 0.6 is 23.5 Å². The monoisotopic (exact) mass is 417 g/mol. The predicted octanol–water partition coefficient (Wildman–Crippen LogP) is 5.32. The second-order valence-corrected chi connectivity index (χ2v) is 6.58. The lowest BCUT2D eigenvalue weighted by molar-refractivity contribution is 0.405. The second-order valence-electron chi connectivity index (χ2n) is 5.56. The fourth-order valence-electron chi connectivity index (χ4n) is 2.47. The van der Waals surface area contributed by atoms with E-state index in [1.807, 2.05) is 42.7 Å². The van der Waals surface area contributed by atoms with Crippen LogP contribution in [0.5, 0.6) is 11.5 Å². The van der Waals surface area contributed by atoms with Crippen LogP contribution in [0.15, 0.2) is 48.7 Å². The normalized spacial score (nSPS) is 10.3. The number of ether oxygens (including phenoxy) is 2. The number of anilines is 5. The van der Waals surface area contributed by atoms with Crippen molar-refractivity contribution in [1.82, 2.24) is 9.97 Å². The summed E-state index contributed by atoms with van der Waals surface area (Å²) in [6.45, 7) is 0. The van der Waals surface area contributed by atoms with Crippen molar-refractivity contribution in [3.63, 3.8) is 0 Å². The number of benzene rings is 2. The maximum atomic E-state index is 6.30. The Kier molecular flexibility index (Phi) is 6.67. The van der Waals surface area contributed by atoms with E-state index in [2.05, 4.69) is 25.3 Å². The molecule has 0 aliphatic carbocycles. The molecule has 0 unspecified atom stereocenters. The summed E-state index contributed by atoms with van der Waals surface area (Å²) in [6, 6.07) is 13.2. The van der Waals surface area contributed by atoms with E-state index in [1.165, 1.54) is 18.1 Å². The summed E-state index contributed by atoms with van der Waals surface area (Å²) >= 11 is 7.80. The van der Waals surface area contributed by atoms with Crippen LogP contribution in [0.2, 0.25) is 5.02 Å². The first kappa shape index (κ1) is 19.9. The third-order valence-electron chi connectivity index (χ3n) is 3.79. The van der Waals surface area contributed by atoms with Gasteiger partial charge in [0.2, 0.25) is 5.95 Å². The van der Waals surface area contributed by atoms with Crippen LogP contribution in [0, 0.1) is 0 Å². The first-order valence-corrected chi connectivity index (χ1v) is 9.91. The van der Waals surface area contributed by atoms with E-state index in [-0.39, 0.29) is 0 Å². The quantitative estimate of drug-likeness (QED) is 0.424. The number of nitrogens with one attached hydrogen (secondary N) is 3. The van der Waals surface area contributed by atoms with Crippen LogP contribution in [-0.2, 0) is 0 Å². The van der Waals surface area contributed by atoms with Gasteiger partial charge in [-0.3, -0.25) is 0 Å². The molecule has 3 aromatic rings. The zero-order valence-electron chi connectivity index (χ0n) is 15.6. The molecule has 0 saturated heterocycles. The SMILES string of the molecule is COc1ccc(OC)c(Nc2ncc(Cl)c(Nc3ccccc3NSC)n2)c1. The molecule has 0 aliphatic heterocycles. The van der Waals surface area contributed by atoms with Crippen LogP contribution in [0.4, 0.5) is 28.8 Å². The molecule has 1 aromatic heterocycles. The summed E-state index contributed by atoms with van der Waals surface area (Å²) in [4.78, 5) is 8.75. The Morgan fingerprint density at radius 1 is 0.964 bits per heavy atom. The Morgan fingerprint density at radius 3 is 2.46 bits per heavy atom. The Hall–Kier alpha value is -2.84. The third-order valence-corrected chi connectivity index (χ3v) is 4.49. The minimum absolute atomic E-state index is 0.369. The zero-order valence-corrected chi connectivity index (χ0v) is 17.2. The number of aromatic nitrogens is 2. The van der Waals surface area contributed by atoms with E-state index in [1.54, 1.807) is 20.3 Å². The molecule has 28 heavy (non-hydrogen) atoms. The molecule has 3 rings (SSSR count). The van der Waals surface area contributed by atoms with Crippen LogP contribution < -0.4 is 24.8 Å². The average molecular weight is 418 g/mol. The van der Waals surface area contributed by atoms with Gasteiger partial charge in [0.15, 0.2) is 5.82 Å². The number of hydrogen-bond donors (Lipinski definition) is 3. The van der Waals surface area contributed by atoms with Crippen LogP contribution in [-0.4, -0.2) is 30.4 Å². The number of halogens is 1. The molecular weight excluding hydrogens is 398 g/mol. The fraction of sp³-hybridized carbons (Fsp3) is 0.158. The highest BCUT2D eigenvalue weighted by Crippen LogP contribution is 2.33. The maximum Gasteiger partial charge on any atom is 0.229 e. The Morgan fingerprint density at radius 2 is 1.75 bits per heavy atom. The Balaban J connectivity index is 1.89. The van der Waals surface area contributed by atoms with E-state index in [0.29, 0.717) is 34.0 Å². The molecule has 0 radical (unpaired) electrons. The van der Waals surface area contributed by atoms with Crippen molar-refractivity contribution in [2.75, 3.05) is 35.8 Å². The minimum Gasteiger partial charge on any atom is -0.497 e. The molecule has 0 spiro atoms. The van der Waals surface area contributed by atoms with Gasteiger partial charge in [-0.25, -0.2) is 4.98 Å². The summed E-state index contributed by atoms with van der Waals surface area (Å²) in [5.41, 5.74) is 2.45.